The van der Waals surface area contributed by atoms with Crippen LogP contribution in [0.15, 0.2) is 48.5 Å². The molecule has 0 N–H and O–H groups in total. The van der Waals surface area contributed by atoms with Crippen molar-refractivity contribution >= 4 is 5.91 Å². The van der Waals surface area contributed by atoms with E-state index < -0.39 is 0 Å². The van der Waals surface area contributed by atoms with Gasteiger partial charge in [-0.3, -0.25) is 4.79 Å². The number of ether oxygens (including phenoxy) is 2. The monoisotopic (exact) mass is 377 g/mol. The summed E-state index contributed by atoms with van der Waals surface area (Å²) < 4.78 is 13.0. The van der Waals surface area contributed by atoms with Crippen molar-refractivity contribution in [3.63, 3.8) is 0 Å². The first-order valence-corrected chi connectivity index (χ1v) is 9.29. The highest BCUT2D eigenvalue weighted by atomic mass is 16.6. The molecule has 0 atom stereocenters. The summed E-state index contributed by atoms with van der Waals surface area (Å²) in [6.45, 7) is 5.59. The summed E-state index contributed by atoms with van der Waals surface area (Å²) in [5.74, 6) is 1.46. The van der Waals surface area contributed by atoms with Crippen molar-refractivity contribution in [2.45, 2.75) is 20.4 Å². The first-order chi connectivity index (χ1) is 13.5. The van der Waals surface area contributed by atoms with Crippen molar-refractivity contribution in [1.29, 1.82) is 0 Å². The van der Waals surface area contributed by atoms with Crippen LogP contribution in [0.25, 0.3) is 5.69 Å². The van der Waals surface area contributed by atoms with Gasteiger partial charge < -0.3 is 14.4 Å². The topological polar surface area (TPSA) is 56.6 Å². The number of amides is 1. The number of carbonyl (C=O) groups is 1. The second-order valence-electron chi connectivity index (χ2n) is 7.03. The third-order valence-electron chi connectivity index (χ3n) is 4.74. The smallest absolute Gasteiger partial charge is 0.253 e. The Morgan fingerprint density at radius 2 is 1.75 bits per heavy atom. The zero-order valence-electron chi connectivity index (χ0n) is 16.3. The van der Waals surface area contributed by atoms with E-state index in [0.29, 0.717) is 25.3 Å². The number of fused-ring (bicyclic) bond motifs is 1. The van der Waals surface area contributed by atoms with E-state index >= 15 is 0 Å². The molecule has 1 aliphatic rings. The predicted molar refractivity (Wildman–Crippen MR) is 106 cm³/mol. The predicted octanol–water partition coefficient (Wildman–Crippen LogP) is 3.53. The van der Waals surface area contributed by atoms with E-state index in [1.807, 2.05) is 67.1 Å². The van der Waals surface area contributed by atoms with E-state index in [9.17, 15) is 4.79 Å². The Morgan fingerprint density at radius 1 is 1.04 bits per heavy atom. The molecule has 28 heavy (non-hydrogen) atoms. The van der Waals surface area contributed by atoms with Gasteiger partial charge in [0.1, 0.15) is 13.2 Å². The van der Waals surface area contributed by atoms with Crippen LogP contribution in [0.1, 0.15) is 27.3 Å². The highest BCUT2D eigenvalue weighted by molar-refractivity contribution is 5.94. The maximum absolute atomic E-state index is 12.8. The van der Waals surface area contributed by atoms with Crippen LogP contribution in [0.4, 0.5) is 0 Å². The lowest BCUT2D eigenvalue weighted by atomic mass is 10.1. The molecule has 0 saturated heterocycles. The third-order valence-corrected chi connectivity index (χ3v) is 4.74. The number of aryl methyl sites for hydroxylation is 2. The van der Waals surface area contributed by atoms with Gasteiger partial charge in [0.2, 0.25) is 0 Å². The molecule has 2 heterocycles. The van der Waals surface area contributed by atoms with Crippen molar-refractivity contribution in [3.8, 4) is 17.2 Å². The van der Waals surface area contributed by atoms with Crippen LogP contribution in [0.3, 0.4) is 0 Å². The SMILES string of the molecule is Cc1cc(C)n(-c2ccc(C(=O)N(C)Cc3ccc4c(c3)OCCO4)cc2)n1. The molecule has 6 heteroatoms. The molecule has 0 fully saturated rings. The average Bonchev–Trinajstić information content (AvgIpc) is 3.05. The number of rotatable bonds is 4. The zero-order valence-corrected chi connectivity index (χ0v) is 16.3. The molecule has 3 aromatic rings. The third kappa shape index (κ3) is 3.58. The average molecular weight is 377 g/mol. The summed E-state index contributed by atoms with van der Waals surface area (Å²) in [6, 6.07) is 15.3. The molecular formula is C22H23N3O3. The number of benzene rings is 2. The van der Waals surface area contributed by atoms with Gasteiger partial charge in [-0.15, -0.1) is 0 Å². The molecule has 0 unspecified atom stereocenters. The number of carbonyl (C=O) groups excluding carboxylic acids is 1. The van der Waals surface area contributed by atoms with Crippen LogP contribution in [0.5, 0.6) is 11.5 Å². The Morgan fingerprint density at radius 3 is 2.43 bits per heavy atom. The minimum absolute atomic E-state index is 0.0326. The van der Waals surface area contributed by atoms with Gasteiger partial charge in [-0.1, -0.05) is 6.07 Å². The molecule has 4 rings (SSSR count). The lowest BCUT2D eigenvalue weighted by Gasteiger charge is -2.21. The summed E-state index contributed by atoms with van der Waals surface area (Å²) in [5.41, 5.74) is 4.62. The fourth-order valence-corrected chi connectivity index (χ4v) is 3.39. The lowest BCUT2D eigenvalue weighted by molar-refractivity contribution is 0.0785. The Bertz CT molecular complexity index is 1010. The standard InChI is InChI=1S/C22H23N3O3/c1-15-12-16(2)25(23-15)19-7-5-18(6-8-19)22(26)24(3)14-17-4-9-20-21(13-17)28-11-10-27-20/h4-9,12-13H,10-11,14H2,1-3H3. The summed E-state index contributed by atoms with van der Waals surface area (Å²) in [4.78, 5) is 14.5. The van der Waals surface area contributed by atoms with Crippen molar-refractivity contribution < 1.29 is 14.3 Å². The van der Waals surface area contributed by atoms with Crippen LogP contribution in [-0.2, 0) is 6.54 Å². The first kappa shape index (κ1) is 18.1. The number of hydrogen-bond donors (Lipinski definition) is 0. The first-order valence-electron chi connectivity index (χ1n) is 9.29. The largest absolute Gasteiger partial charge is 0.486 e. The van der Waals surface area contributed by atoms with Crippen molar-refractivity contribution in [1.82, 2.24) is 14.7 Å². The van der Waals surface area contributed by atoms with Gasteiger partial charge in [0.05, 0.1) is 11.4 Å². The van der Waals surface area contributed by atoms with Gasteiger partial charge in [0, 0.05) is 24.8 Å². The van der Waals surface area contributed by atoms with Crippen LogP contribution in [-0.4, -0.2) is 40.8 Å². The highest BCUT2D eigenvalue weighted by Gasteiger charge is 2.16. The van der Waals surface area contributed by atoms with Crippen LogP contribution in [0.2, 0.25) is 0 Å². The highest BCUT2D eigenvalue weighted by Crippen LogP contribution is 2.31. The van der Waals surface area contributed by atoms with E-state index in [1.54, 1.807) is 11.9 Å². The summed E-state index contributed by atoms with van der Waals surface area (Å²) in [7, 11) is 1.80. The van der Waals surface area contributed by atoms with Crippen LogP contribution in [0, 0.1) is 13.8 Å². The van der Waals surface area contributed by atoms with E-state index in [0.717, 1.165) is 34.1 Å². The fourth-order valence-electron chi connectivity index (χ4n) is 3.39. The van der Waals surface area contributed by atoms with E-state index in [4.69, 9.17) is 9.47 Å². The van der Waals surface area contributed by atoms with Gasteiger partial charge in [0.15, 0.2) is 11.5 Å². The molecule has 0 aliphatic carbocycles. The molecule has 6 nitrogen and oxygen atoms in total. The Labute approximate surface area is 164 Å². The molecule has 0 saturated carbocycles. The van der Waals surface area contributed by atoms with Crippen molar-refractivity contribution in [2.24, 2.45) is 0 Å². The lowest BCUT2D eigenvalue weighted by Crippen LogP contribution is -2.26. The van der Waals surface area contributed by atoms with Gasteiger partial charge in [-0.2, -0.15) is 5.10 Å². The Balaban J connectivity index is 1.47. The van der Waals surface area contributed by atoms with Crippen molar-refractivity contribution in [2.75, 3.05) is 20.3 Å². The molecule has 1 amide bonds. The van der Waals surface area contributed by atoms with E-state index in [2.05, 4.69) is 5.10 Å². The quantitative estimate of drug-likeness (QED) is 0.698. The summed E-state index contributed by atoms with van der Waals surface area (Å²) >= 11 is 0. The maximum Gasteiger partial charge on any atom is 0.253 e. The van der Waals surface area contributed by atoms with E-state index in [1.165, 1.54) is 0 Å². The summed E-state index contributed by atoms with van der Waals surface area (Å²) in [5, 5.41) is 4.48. The Hall–Kier alpha value is -3.28. The molecular weight excluding hydrogens is 354 g/mol. The molecule has 2 aromatic carbocycles. The minimum Gasteiger partial charge on any atom is -0.486 e. The van der Waals surface area contributed by atoms with Crippen molar-refractivity contribution in [3.05, 3.63) is 71.0 Å². The van der Waals surface area contributed by atoms with Gasteiger partial charge in [-0.05, 0) is 61.9 Å². The molecule has 0 bridgehead atoms. The minimum atomic E-state index is -0.0326. The number of aromatic nitrogens is 2. The van der Waals surface area contributed by atoms with Gasteiger partial charge in [-0.25, -0.2) is 4.68 Å². The molecule has 1 aromatic heterocycles. The molecule has 0 spiro atoms. The number of nitrogens with zero attached hydrogens (tertiary/aromatic N) is 3. The van der Waals surface area contributed by atoms with Gasteiger partial charge >= 0.3 is 0 Å². The Kier molecular flexibility index (Phi) is 4.77. The van der Waals surface area contributed by atoms with Crippen LogP contribution < -0.4 is 9.47 Å². The molecule has 144 valence electrons. The zero-order chi connectivity index (χ0) is 19.7. The van der Waals surface area contributed by atoms with E-state index in [-0.39, 0.29) is 5.91 Å². The molecule has 1 aliphatic heterocycles. The normalized spacial score (nSPS) is 12.7. The van der Waals surface area contributed by atoms with Crippen LogP contribution >= 0.6 is 0 Å². The maximum atomic E-state index is 12.8. The second kappa shape index (κ2) is 7.38. The fraction of sp³-hybridized carbons (Fsp3) is 0.273. The molecule has 0 radical (unpaired) electrons. The number of hydrogen-bond acceptors (Lipinski definition) is 4. The van der Waals surface area contributed by atoms with Gasteiger partial charge in [0.25, 0.3) is 5.91 Å². The second-order valence-corrected chi connectivity index (χ2v) is 7.03. The summed E-state index contributed by atoms with van der Waals surface area (Å²) in [6.07, 6.45) is 0.